The number of cyclic esters (lactones) is 1. The van der Waals surface area contributed by atoms with Gasteiger partial charge in [0, 0.05) is 24.9 Å². The first-order valence-corrected chi connectivity index (χ1v) is 26.6. The van der Waals surface area contributed by atoms with Gasteiger partial charge in [-0.05, 0) is 54.2 Å². The maximum atomic E-state index is 12.4. The van der Waals surface area contributed by atoms with Crippen LogP contribution < -0.4 is 0 Å². The summed E-state index contributed by atoms with van der Waals surface area (Å²) in [6.45, 7) is 14.9. The second kappa shape index (κ2) is 30.4. The van der Waals surface area contributed by atoms with E-state index in [1.165, 1.54) is 0 Å². The van der Waals surface area contributed by atoms with Gasteiger partial charge in [0.1, 0.15) is 24.4 Å². The fourth-order valence-corrected chi connectivity index (χ4v) is 9.35. The monoisotopic (exact) mass is 1040 g/mol. The lowest BCUT2D eigenvalue weighted by atomic mass is 9.91. The van der Waals surface area contributed by atoms with Crippen LogP contribution >= 0.6 is 0 Å². The van der Waals surface area contributed by atoms with Gasteiger partial charge in [-0.15, -0.1) is 0 Å². The third-order valence-electron chi connectivity index (χ3n) is 14.4. The SMILES string of the molecule is CO[C@H]1O[C@H](C)[C@@H](C)[C@H](OCc2ccccc2)[C@H]1OCc1ccccc1.C[C@H]1[C@H](OCc2ccccc2)[C@@H](OCc2ccccc2)C(=O)O[C@@H]1C.C[C@H]1[C@H](OCc2ccccc2)[C@@H](OCc2ccccc2)C(O)O[C@@H]1C. The Morgan fingerprint density at radius 1 is 0.368 bits per heavy atom. The Balaban J connectivity index is 0.000000166. The maximum Gasteiger partial charge on any atom is 0.338 e. The van der Waals surface area contributed by atoms with Crippen LogP contribution in [-0.4, -0.2) is 85.7 Å². The molecule has 76 heavy (non-hydrogen) atoms. The second-order valence-corrected chi connectivity index (χ2v) is 19.9. The van der Waals surface area contributed by atoms with Crippen molar-refractivity contribution in [2.45, 2.75) is 149 Å². The first kappa shape index (κ1) is 58.1. The molecule has 3 aliphatic heterocycles. The number of esters is 1. The Hall–Kier alpha value is -5.61. The molecule has 3 saturated heterocycles. The Morgan fingerprint density at radius 3 is 1.03 bits per heavy atom. The third kappa shape index (κ3) is 17.2. The topological polar surface area (TPSA) is 130 Å². The maximum absolute atomic E-state index is 12.4. The highest BCUT2D eigenvalue weighted by molar-refractivity contribution is 5.76. The molecule has 0 spiro atoms. The minimum absolute atomic E-state index is 0.0392. The van der Waals surface area contributed by atoms with Gasteiger partial charge in [0.05, 0.1) is 64.1 Å². The molecular weight excluding hydrogens is 961 g/mol. The van der Waals surface area contributed by atoms with Crippen LogP contribution in [0.5, 0.6) is 0 Å². The van der Waals surface area contributed by atoms with Crippen molar-refractivity contribution in [2.75, 3.05) is 7.11 Å². The van der Waals surface area contributed by atoms with Gasteiger partial charge in [0.15, 0.2) is 18.7 Å². The predicted molar refractivity (Wildman–Crippen MR) is 291 cm³/mol. The molecule has 0 bridgehead atoms. The van der Waals surface area contributed by atoms with E-state index < -0.39 is 24.8 Å². The van der Waals surface area contributed by atoms with E-state index in [9.17, 15) is 9.90 Å². The molecule has 3 fully saturated rings. The first-order chi connectivity index (χ1) is 37.0. The number of aliphatic hydroxyl groups excluding tert-OH is 1. The summed E-state index contributed by atoms with van der Waals surface area (Å²) >= 11 is 0. The van der Waals surface area contributed by atoms with Gasteiger partial charge in [0.25, 0.3) is 0 Å². The molecule has 12 heteroatoms. The summed E-state index contributed by atoms with van der Waals surface area (Å²) in [7, 11) is 1.65. The second-order valence-electron chi connectivity index (χ2n) is 19.9. The van der Waals surface area contributed by atoms with Gasteiger partial charge in [-0.2, -0.15) is 0 Å². The average Bonchev–Trinajstić information content (AvgIpc) is 3.45. The van der Waals surface area contributed by atoms with E-state index in [4.69, 9.17) is 47.4 Å². The van der Waals surface area contributed by atoms with Crippen LogP contribution in [0, 0.1) is 17.8 Å². The average molecular weight is 1040 g/mol. The normalized spacial score (nSPS) is 28.2. The van der Waals surface area contributed by atoms with Crippen molar-refractivity contribution in [1.82, 2.24) is 0 Å². The number of ether oxygens (including phenoxy) is 10. The molecule has 0 aromatic heterocycles. The molecular formula is C64H78O12. The molecule has 6 aromatic carbocycles. The van der Waals surface area contributed by atoms with E-state index >= 15 is 0 Å². The Labute approximate surface area is 450 Å². The lowest BCUT2D eigenvalue weighted by molar-refractivity contribution is -0.294. The summed E-state index contributed by atoms with van der Waals surface area (Å²) in [5, 5.41) is 10.4. The zero-order chi connectivity index (χ0) is 53.7. The van der Waals surface area contributed by atoms with Crippen molar-refractivity contribution in [2.24, 2.45) is 17.8 Å². The number of methoxy groups -OCH3 is 1. The molecule has 3 aliphatic rings. The van der Waals surface area contributed by atoms with Crippen LogP contribution in [0.15, 0.2) is 182 Å². The van der Waals surface area contributed by atoms with E-state index in [-0.39, 0.29) is 66.5 Å². The highest BCUT2D eigenvalue weighted by Crippen LogP contribution is 2.33. The first-order valence-electron chi connectivity index (χ1n) is 26.6. The van der Waals surface area contributed by atoms with Crippen LogP contribution in [0.1, 0.15) is 74.9 Å². The molecule has 0 amide bonds. The van der Waals surface area contributed by atoms with E-state index in [0.29, 0.717) is 39.6 Å². The highest BCUT2D eigenvalue weighted by Gasteiger charge is 2.46. The van der Waals surface area contributed by atoms with Crippen molar-refractivity contribution in [3.63, 3.8) is 0 Å². The van der Waals surface area contributed by atoms with Crippen molar-refractivity contribution >= 4 is 5.97 Å². The lowest BCUT2D eigenvalue weighted by Gasteiger charge is -2.43. The molecule has 6 aromatic rings. The molecule has 9 rings (SSSR count). The smallest absolute Gasteiger partial charge is 0.338 e. The van der Waals surface area contributed by atoms with Crippen molar-refractivity contribution in [3.05, 3.63) is 215 Å². The predicted octanol–water partition coefficient (Wildman–Crippen LogP) is 11.5. The van der Waals surface area contributed by atoms with E-state index in [2.05, 4.69) is 45.0 Å². The van der Waals surface area contributed by atoms with E-state index in [1.54, 1.807) is 7.11 Å². The fraction of sp³-hybridized carbons (Fsp3) is 0.422. The number of carbonyl (C=O) groups excluding carboxylic acids is 1. The van der Waals surface area contributed by atoms with E-state index in [0.717, 1.165) is 33.4 Å². The van der Waals surface area contributed by atoms with Crippen LogP contribution in [0.3, 0.4) is 0 Å². The largest absolute Gasteiger partial charge is 0.460 e. The lowest BCUT2D eigenvalue weighted by Crippen LogP contribution is -2.55. The van der Waals surface area contributed by atoms with Crippen LogP contribution in [0.4, 0.5) is 0 Å². The molecule has 406 valence electrons. The zero-order valence-corrected chi connectivity index (χ0v) is 45.1. The van der Waals surface area contributed by atoms with Crippen LogP contribution in [0.25, 0.3) is 0 Å². The van der Waals surface area contributed by atoms with Gasteiger partial charge < -0.3 is 52.5 Å². The highest BCUT2D eigenvalue weighted by atomic mass is 16.7. The van der Waals surface area contributed by atoms with Crippen LogP contribution in [-0.2, 0) is 91.8 Å². The summed E-state index contributed by atoms with van der Waals surface area (Å²) in [5.74, 6) is 0.0283. The number of rotatable bonds is 19. The molecule has 0 aliphatic carbocycles. The van der Waals surface area contributed by atoms with Crippen molar-refractivity contribution in [1.29, 1.82) is 0 Å². The third-order valence-corrected chi connectivity index (χ3v) is 14.4. The minimum Gasteiger partial charge on any atom is -0.460 e. The molecule has 3 heterocycles. The molecule has 1 N–H and O–H groups in total. The molecule has 0 radical (unpaired) electrons. The number of hydrogen-bond acceptors (Lipinski definition) is 12. The van der Waals surface area contributed by atoms with Crippen molar-refractivity contribution in [3.8, 4) is 0 Å². The molecule has 14 atom stereocenters. The molecule has 1 unspecified atom stereocenters. The quantitative estimate of drug-likeness (QED) is 0.0775. The Morgan fingerprint density at radius 2 is 0.658 bits per heavy atom. The van der Waals surface area contributed by atoms with Gasteiger partial charge >= 0.3 is 5.97 Å². The van der Waals surface area contributed by atoms with Gasteiger partial charge in [0.2, 0.25) is 0 Å². The Kier molecular flexibility index (Phi) is 23.2. The summed E-state index contributed by atoms with van der Waals surface area (Å²) in [5.41, 5.74) is 6.52. The zero-order valence-electron chi connectivity index (χ0n) is 45.1. The van der Waals surface area contributed by atoms with Gasteiger partial charge in [-0.1, -0.05) is 203 Å². The number of aliphatic hydroxyl groups is 1. The standard InChI is InChI=1S/C22H28O4.C21H26O4.C21H24O4/c1-16-17(2)26-22(23-3)21(25-15-19-12-8-5-9-13-19)20(16)24-14-18-10-6-4-7-11-18;2*1-15-16(2)25-21(22)20(24-14-18-11-7-4-8-12-18)19(15)23-13-17-9-5-3-6-10-17/h4-13,16-17,20-22H,14-15H2,1-3H3;3-12,15-16,19-22H,13-14H2,1-2H3;3-12,15-16,19-20H,13-14H2,1-2H3/t16-,17-,20+,21-,22+;15-,16-,19+,20-,21?;15-,16-,19+,20-/m111/s1. The molecule has 12 nitrogen and oxygen atoms in total. The fourth-order valence-electron chi connectivity index (χ4n) is 9.35. The number of benzene rings is 6. The number of hydrogen-bond donors (Lipinski definition) is 1. The Bertz CT molecular complexity index is 2460. The van der Waals surface area contributed by atoms with Crippen LogP contribution in [0.2, 0.25) is 0 Å². The van der Waals surface area contributed by atoms with Gasteiger partial charge in [-0.25, -0.2) is 4.79 Å². The number of carbonyl (C=O) groups is 1. The summed E-state index contributed by atoms with van der Waals surface area (Å²) in [4.78, 5) is 12.4. The van der Waals surface area contributed by atoms with Gasteiger partial charge in [-0.3, -0.25) is 0 Å². The summed E-state index contributed by atoms with van der Waals surface area (Å²) in [6.07, 6.45) is -3.85. The van der Waals surface area contributed by atoms with Crippen molar-refractivity contribution < 1.29 is 57.3 Å². The van der Waals surface area contributed by atoms with E-state index in [1.807, 2.05) is 178 Å². The molecule has 0 saturated carbocycles. The summed E-state index contributed by atoms with van der Waals surface area (Å²) in [6, 6.07) is 60.0. The summed E-state index contributed by atoms with van der Waals surface area (Å²) < 4.78 is 59.3. The minimum atomic E-state index is -0.990.